The van der Waals surface area contributed by atoms with Crippen LogP contribution in [-0.2, 0) is 15.1 Å². The Balaban J connectivity index is 1.51. The van der Waals surface area contributed by atoms with Gasteiger partial charge >= 0.3 is 6.18 Å². The lowest BCUT2D eigenvalue weighted by Gasteiger charge is -2.44. The highest BCUT2D eigenvalue weighted by molar-refractivity contribution is 5.89. The highest BCUT2D eigenvalue weighted by atomic mass is 19.4. The Kier molecular flexibility index (Phi) is 5.27. The van der Waals surface area contributed by atoms with Crippen molar-refractivity contribution in [2.24, 2.45) is 0 Å². The number of fused-ring (bicyclic) bond motifs is 2. The molecule has 33 heavy (non-hydrogen) atoms. The van der Waals surface area contributed by atoms with E-state index < -0.39 is 17.7 Å². The van der Waals surface area contributed by atoms with Crippen molar-refractivity contribution in [2.75, 3.05) is 25.1 Å². The lowest BCUT2D eigenvalue weighted by molar-refractivity contribution is -0.271. The van der Waals surface area contributed by atoms with Crippen LogP contribution in [0.3, 0.4) is 0 Å². The molecule has 5 rings (SSSR count). The van der Waals surface area contributed by atoms with E-state index in [1.165, 1.54) is 35.5 Å². The fourth-order valence-corrected chi connectivity index (χ4v) is 5.39. The van der Waals surface area contributed by atoms with Crippen LogP contribution in [0.4, 0.5) is 19.0 Å². The van der Waals surface area contributed by atoms with E-state index in [1.54, 1.807) is 12.3 Å². The van der Waals surface area contributed by atoms with Crippen LogP contribution < -0.4 is 4.90 Å². The number of benzene rings is 1. The highest BCUT2D eigenvalue weighted by Crippen LogP contribution is 2.45. The smallest absolute Gasteiger partial charge is 0.356 e. The molecule has 10 heteroatoms. The maximum absolute atomic E-state index is 14.5. The molecule has 0 spiro atoms. The van der Waals surface area contributed by atoms with Crippen LogP contribution in [0.5, 0.6) is 0 Å². The zero-order valence-electron chi connectivity index (χ0n) is 18.0. The van der Waals surface area contributed by atoms with Gasteiger partial charge in [-0.3, -0.25) is 4.79 Å². The van der Waals surface area contributed by atoms with E-state index in [-0.39, 0.29) is 24.2 Å². The van der Waals surface area contributed by atoms with Gasteiger partial charge in [0.05, 0.1) is 17.5 Å². The fourth-order valence-electron chi connectivity index (χ4n) is 5.39. The van der Waals surface area contributed by atoms with Gasteiger partial charge in [-0.15, -0.1) is 0 Å². The number of aromatic nitrogens is 3. The maximum Gasteiger partial charge on any atom is 0.430 e. The molecule has 174 valence electrons. The molecule has 0 saturated carbocycles. The molecule has 4 heterocycles. The number of H-pyrrole nitrogens is 1. The molecule has 1 amide bonds. The first-order chi connectivity index (χ1) is 15.9. The average molecular weight is 459 g/mol. The third-order valence-corrected chi connectivity index (χ3v) is 6.86. The Morgan fingerprint density at radius 1 is 1.09 bits per heavy atom. The van der Waals surface area contributed by atoms with Gasteiger partial charge in [-0.2, -0.15) is 13.2 Å². The van der Waals surface area contributed by atoms with Crippen molar-refractivity contribution in [3.63, 3.8) is 0 Å². The van der Waals surface area contributed by atoms with Crippen LogP contribution in [0.1, 0.15) is 24.8 Å². The third kappa shape index (κ3) is 3.26. The molecule has 3 atom stereocenters. The van der Waals surface area contributed by atoms with Crippen molar-refractivity contribution in [1.29, 1.82) is 0 Å². The number of carbonyl (C=O) groups is 1. The summed E-state index contributed by atoms with van der Waals surface area (Å²) in [6.45, 7) is 0.846. The number of nitrogens with one attached hydrogen (secondary N) is 1. The van der Waals surface area contributed by atoms with Crippen LogP contribution in [0.15, 0.2) is 48.9 Å². The molecule has 2 unspecified atom stereocenters. The number of anilines is 1. The summed E-state index contributed by atoms with van der Waals surface area (Å²) in [7, 11) is 0.949. The Bertz CT molecular complexity index is 1150. The zero-order chi connectivity index (χ0) is 23.2. The molecule has 0 bridgehead atoms. The molecule has 2 saturated heterocycles. The summed E-state index contributed by atoms with van der Waals surface area (Å²) in [5.74, 6) is -0.324. The van der Waals surface area contributed by atoms with Crippen molar-refractivity contribution in [2.45, 2.75) is 43.1 Å². The van der Waals surface area contributed by atoms with Crippen molar-refractivity contribution >= 4 is 22.8 Å². The number of carbonyl (C=O) groups excluding carboxylic acids is 1. The van der Waals surface area contributed by atoms with Crippen LogP contribution >= 0.6 is 0 Å². The number of nitrogens with zero attached hydrogens (tertiary/aromatic N) is 4. The van der Waals surface area contributed by atoms with Crippen molar-refractivity contribution < 1.29 is 22.7 Å². The standard InChI is InChI=1S/C23H24F3N5O2/c1-33-22(23(24,25)26,15-6-3-2-4-7-15)21(32)31-12-5-8-17-18(31)10-13-30(17)20-16-9-11-27-19(16)28-14-29-20/h2-4,6-7,9,11,14,17-18H,5,8,10,12-13H2,1H3,(H,27,28,29)/t17-,18?,22?/m1/s1. The molecule has 2 aliphatic rings. The maximum atomic E-state index is 14.5. The number of rotatable bonds is 4. The van der Waals surface area contributed by atoms with Gasteiger partial charge in [0.25, 0.3) is 11.5 Å². The second kappa shape index (κ2) is 8.02. The van der Waals surface area contributed by atoms with Crippen molar-refractivity contribution in [3.05, 3.63) is 54.5 Å². The number of alkyl halides is 3. The lowest BCUT2D eigenvalue weighted by atomic mass is 9.88. The first-order valence-corrected chi connectivity index (χ1v) is 10.9. The summed E-state index contributed by atoms with van der Waals surface area (Å²) < 4.78 is 48.5. The predicted molar refractivity (Wildman–Crippen MR) is 116 cm³/mol. The summed E-state index contributed by atoms with van der Waals surface area (Å²) >= 11 is 0. The number of aromatic amines is 1. The van der Waals surface area contributed by atoms with Crippen LogP contribution in [0.2, 0.25) is 0 Å². The quantitative estimate of drug-likeness (QED) is 0.645. The number of methoxy groups -OCH3 is 1. The molecule has 0 aliphatic carbocycles. The number of piperidine rings is 1. The molecular formula is C23H24F3N5O2. The van der Waals surface area contributed by atoms with Gasteiger partial charge in [0.1, 0.15) is 17.8 Å². The first-order valence-electron chi connectivity index (χ1n) is 10.9. The topological polar surface area (TPSA) is 74.3 Å². The number of amides is 1. The number of hydrogen-bond donors (Lipinski definition) is 1. The second-order valence-electron chi connectivity index (χ2n) is 8.44. The molecular weight excluding hydrogens is 435 g/mol. The Labute approximate surface area is 188 Å². The lowest BCUT2D eigenvalue weighted by Crippen LogP contribution is -2.62. The van der Waals surface area contributed by atoms with Crippen LogP contribution in [-0.4, -0.2) is 64.2 Å². The number of likely N-dealkylation sites (tertiary alicyclic amines) is 1. The average Bonchev–Trinajstić information content (AvgIpc) is 3.46. The number of halogens is 3. The predicted octanol–water partition coefficient (Wildman–Crippen LogP) is 3.63. The summed E-state index contributed by atoms with van der Waals surface area (Å²) in [6.07, 6.45) is 0.249. The van der Waals surface area contributed by atoms with Gasteiger partial charge in [0, 0.05) is 32.0 Å². The molecule has 2 fully saturated rings. The van der Waals surface area contributed by atoms with Gasteiger partial charge in [-0.05, 0) is 25.3 Å². The van der Waals surface area contributed by atoms with Gasteiger partial charge in [0.2, 0.25) is 0 Å². The highest BCUT2D eigenvalue weighted by Gasteiger charge is 2.65. The van der Waals surface area contributed by atoms with Crippen molar-refractivity contribution in [1.82, 2.24) is 19.9 Å². The van der Waals surface area contributed by atoms with E-state index in [0.29, 0.717) is 25.0 Å². The van der Waals surface area contributed by atoms with E-state index in [4.69, 9.17) is 4.74 Å². The summed E-state index contributed by atoms with van der Waals surface area (Å²) in [4.78, 5) is 28.9. The Hall–Kier alpha value is -3.14. The molecule has 1 N–H and O–H groups in total. The van der Waals surface area contributed by atoms with E-state index >= 15 is 0 Å². The fraction of sp³-hybridized carbons (Fsp3) is 0.435. The molecule has 3 aromatic rings. The van der Waals surface area contributed by atoms with E-state index in [2.05, 4.69) is 19.9 Å². The first kappa shape index (κ1) is 21.7. The van der Waals surface area contributed by atoms with Gasteiger partial charge in [-0.25, -0.2) is 9.97 Å². The SMILES string of the molecule is COC(C(=O)N1CCC[C@@H]2C1CCN2c1ncnc2[nH]ccc12)(c1ccccc1)C(F)(F)F. The third-order valence-electron chi connectivity index (χ3n) is 6.86. The Morgan fingerprint density at radius 3 is 2.61 bits per heavy atom. The minimum atomic E-state index is -4.92. The molecule has 1 aromatic carbocycles. The molecule has 0 radical (unpaired) electrons. The van der Waals surface area contributed by atoms with Gasteiger partial charge in [0.15, 0.2) is 0 Å². The van der Waals surface area contributed by atoms with Crippen LogP contribution in [0.25, 0.3) is 11.0 Å². The van der Waals surface area contributed by atoms with Gasteiger partial charge in [-0.1, -0.05) is 30.3 Å². The van der Waals surface area contributed by atoms with E-state index in [1.807, 2.05) is 6.07 Å². The molecule has 2 aliphatic heterocycles. The minimum absolute atomic E-state index is 0.130. The summed E-state index contributed by atoms with van der Waals surface area (Å²) in [6, 6.07) is 8.55. The van der Waals surface area contributed by atoms with Gasteiger partial charge < -0.3 is 19.5 Å². The molecule has 2 aromatic heterocycles. The zero-order valence-corrected chi connectivity index (χ0v) is 18.0. The van der Waals surface area contributed by atoms with E-state index in [0.717, 1.165) is 24.7 Å². The van der Waals surface area contributed by atoms with Crippen LogP contribution in [0, 0.1) is 0 Å². The normalized spacial score (nSPS) is 22.9. The van der Waals surface area contributed by atoms with Crippen molar-refractivity contribution in [3.8, 4) is 0 Å². The summed E-state index contributed by atoms with van der Waals surface area (Å²) in [5, 5.41) is 0.854. The number of hydrogen-bond acceptors (Lipinski definition) is 5. The summed E-state index contributed by atoms with van der Waals surface area (Å²) in [5.41, 5.74) is -2.56. The minimum Gasteiger partial charge on any atom is -0.356 e. The Morgan fingerprint density at radius 2 is 1.88 bits per heavy atom. The van der Waals surface area contributed by atoms with E-state index in [9.17, 15) is 18.0 Å². The molecule has 7 nitrogen and oxygen atoms in total. The largest absolute Gasteiger partial charge is 0.430 e. The second-order valence-corrected chi connectivity index (χ2v) is 8.44. The monoisotopic (exact) mass is 459 g/mol. The number of ether oxygens (including phenoxy) is 1.